The van der Waals surface area contributed by atoms with E-state index in [-0.39, 0.29) is 31.8 Å². The van der Waals surface area contributed by atoms with E-state index < -0.39 is 23.2 Å². The molecule has 2 aliphatic heterocycles. The van der Waals surface area contributed by atoms with Crippen LogP contribution in [0.4, 0.5) is 13.6 Å². The van der Waals surface area contributed by atoms with Crippen LogP contribution in [0.2, 0.25) is 0 Å². The molecule has 112 valence electrons. The Hall–Kier alpha value is -0.620. The SMILES string of the molecule is CC(C)(C)OC(=O)N1CCC2(C1)NCCC2(F)F.Cl. The van der Waals surface area contributed by atoms with Gasteiger partial charge < -0.3 is 15.0 Å². The highest BCUT2D eigenvalue weighted by Crippen LogP contribution is 2.42. The lowest BCUT2D eigenvalue weighted by Crippen LogP contribution is -2.54. The first-order chi connectivity index (χ1) is 8.15. The van der Waals surface area contributed by atoms with Crippen LogP contribution in [-0.4, -0.2) is 47.7 Å². The Morgan fingerprint density at radius 1 is 1.32 bits per heavy atom. The summed E-state index contributed by atoms with van der Waals surface area (Å²) in [6, 6.07) is 0. The number of nitrogens with one attached hydrogen (secondary N) is 1. The first-order valence-corrected chi connectivity index (χ1v) is 6.26. The van der Waals surface area contributed by atoms with Gasteiger partial charge in [0, 0.05) is 26.1 Å². The lowest BCUT2D eigenvalue weighted by Gasteiger charge is -2.31. The summed E-state index contributed by atoms with van der Waals surface area (Å²) >= 11 is 0. The molecule has 1 unspecified atom stereocenters. The third kappa shape index (κ3) is 3.11. The Balaban J connectivity index is 0.00000180. The Kier molecular flexibility index (Phi) is 4.37. The van der Waals surface area contributed by atoms with Crippen LogP contribution in [0, 0.1) is 0 Å². The van der Waals surface area contributed by atoms with Crippen molar-refractivity contribution in [1.29, 1.82) is 0 Å². The normalized spacial score (nSPS) is 29.4. The Labute approximate surface area is 118 Å². The van der Waals surface area contributed by atoms with Gasteiger partial charge in [0.1, 0.15) is 11.1 Å². The summed E-state index contributed by atoms with van der Waals surface area (Å²) in [6.45, 7) is 5.93. The second-order valence-electron chi connectivity index (χ2n) is 6.12. The van der Waals surface area contributed by atoms with Crippen molar-refractivity contribution in [3.63, 3.8) is 0 Å². The van der Waals surface area contributed by atoms with E-state index in [0.29, 0.717) is 13.1 Å². The van der Waals surface area contributed by atoms with Crippen molar-refractivity contribution in [1.82, 2.24) is 10.2 Å². The molecule has 0 bridgehead atoms. The number of likely N-dealkylation sites (tertiary alicyclic amines) is 1. The fourth-order valence-corrected chi connectivity index (χ4v) is 2.56. The van der Waals surface area contributed by atoms with Gasteiger partial charge in [-0.25, -0.2) is 13.6 Å². The molecular weight excluding hydrogens is 278 g/mol. The van der Waals surface area contributed by atoms with E-state index in [1.54, 1.807) is 20.8 Å². The number of carbonyl (C=O) groups excluding carboxylic acids is 1. The van der Waals surface area contributed by atoms with Gasteiger partial charge in [-0.05, 0) is 27.2 Å². The summed E-state index contributed by atoms with van der Waals surface area (Å²) in [5.41, 5.74) is -1.84. The van der Waals surface area contributed by atoms with Crippen molar-refractivity contribution in [2.24, 2.45) is 0 Å². The number of ether oxygens (including phenoxy) is 1. The van der Waals surface area contributed by atoms with Crippen LogP contribution < -0.4 is 5.32 Å². The van der Waals surface area contributed by atoms with E-state index in [0.717, 1.165) is 0 Å². The standard InChI is InChI=1S/C12H20F2N2O2.ClH/c1-10(2,3)18-9(17)16-7-5-11(8-16)12(13,14)4-6-15-11;/h15H,4-8H2,1-3H3;1H. The number of halogens is 3. The zero-order chi connectivity index (χ0) is 13.6. The van der Waals surface area contributed by atoms with Crippen molar-refractivity contribution >= 4 is 18.5 Å². The molecule has 0 saturated carbocycles. The van der Waals surface area contributed by atoms with Gasteiger partial charge in [0.15, 0.2) is 0 Å². The van der Waals surface area contributed by atoms with Crippen molar-refractivity contribution in [2.45, 2.75) is 50.7 Å². The van der Waals surface area contributed by atoms with Gasteiger partial charge in [0.05, 0.1) is 0 Å². The molecule has 1 amide bonds. The van der Waals surface area contributed by atoms with Gasteiger partial charge in [-0.3, -0.25) is 0 Å². The topological polar surface area (TPSA) is 41.6 Å². The highest BCUT2D eigenvalue weighted by atomic mass is 35.5. The molecule has 2 saturated heterocycles. The zero-order valence-corrected chi connectivity index (χ0v) is 12.3. The smallest absolute Gasteiger partial charge is 0.410 e. The molecule has 4 nitrogen and oxygen atoms in total. The largest absolute Gasteiger partial charge is 0.444 e. The lowest BCUT2D eigenvalue weighted by molar-refractivity contribution is -0.0564. The Morgan fingerprint density at radius 3 is 2.42 bits per heavy atom. The number of rotatable bonds is 0. The van der Waals surface area contributed by atoms with E-state index in [4.69, 9.17) is 4.74 Å². The average molecular weight is 299 g/mol. The fourth-order valence-electron chi connectivity index (χ4n) is 2.56. The molecule has 0 radical (unpaired) electrons. The van der Waals surface area contributed by atoms with E-state index >= 15 is 0 Å². The quantitative estimate of drug-likeness (QED) is 0.747. The number of amides is 1. The van der Waals surface area contributed by atoms with Crippen LogP contribution in [0.1, 0.15) is 33.6 Å². The van der Waals surface area contributed by atoms with Gasteiger partial charge in [-0.15, -0.1) is 12.4 Å². The molecule has 2 rings (SSSR count). The molecule has 1 N–H and O–H groups in total. The molecule has 0 aromatic heterocycles. The number of hydrogen-bond donors (Lipinski definition) is 1. The number of hydrogen-bond acceptors (Lipinski definition) is 3. The third-order valence-electron chi connectivity index (χ3n) is 3.52. The summed E-state index contributed by atoms with van der Waals surface area (Å²) in [5, 5.41) is 2.87. The summed E-state index contributed by atoms with van der Waals surface area (Å²) < 4.78 is 32.9. The molecule has 2 aliphatic rings. The summed E-state index contributed by atoms with van der Waals surface area (Å²) in [5.74, 6) is -2.75. The molecule has 2 fully saturated rings. The lowest BCUT2D eigenvalue weighted by atomic mass is 9.92. The maximum absolute atomic E-state index is 13.8. The predicted octanol–water partition coefficient (Wildman–Crippen LogP) is 2.42. The van der Waals surface area contributed by atoms with Gasteiger partial charge in [-0.2, -0.15) is 0 Å². The van der Waals surface area contributed by atoms with E-state index in [9.17, 15) is 13.6 Å². The highest BCUT2D eigenvalue weighted by Gasteiger charge is 2.60. The van der Waals surface area contributed by atoms with Crippen LogP contribution in [0.3, 0.4) is 0 Å². The Morgan fingerprint density at radius 2 is 1.95 bits per heavy atom. The van der Waals surface area contributed by atoms with Crippen LogP contribution >= 0.6 is 12.4 Å². The zero-order valence-electron chi connectivity index (χ0n) is 11.5. The molecule has 1 spiro atoms. The van der Waals surface area contributed by atoms with Gasteiger partial charge in [0.25, 0.3) is 5.92 Å². The molecule has 1 atom stereocenters. The van der Waals surface area contributed by atoms with E-state index in [1.807, 2.05) is 0 Å². The monoisotopic (exact) mass is 298 g/mol. The molecule has 2 heterocycles. The maximum Gasteiger partial charge on any atom is 0.410 e. The molecular formula is C12H21ClF2N2O2. The highest BCUT2D eigenvalue weighted by molar-refractivity contribution is 5.85. The van der Waals surface area contributed by atoms with Gasteiger partial charge in [0.2, 0.25) is 0 Å². The first-order valence-electron chi connectivity index (χ1n) is 6.26. The number of alkyl halides is 2. The first kappa shape index (κ1) is 16.4. The molecule has 0 aliphatic carbocycles. The fraction of sp³-hybridized carbons (Fsp3) is 0.917. The van der Waals surface area contributed by atoms with Crippen LogP contribution in [0.25, 0.3) is 0 Å². The van der Waals surface area contributed by atoms with Crippen LogP contribution in [-0.2, 0) is 4.74 Å². The average Bonchev–Trinajstić information content (AvgIpc) is 2.71. The second kappa shape index (κ2) is 5.05. The van der Waals surface area contributed by atoms with Crippen molar-refractivity contribution < 1.29 is 18.3 Å². The van der Waals surface area contributed by atoms with Crippen molar-refractivity contribution in [3.05, 3.63) is 0 Å². The second-order valence-corrected chi connectivity index (χ2v) is 6.12. The Bertz CT molecular complexity index is 360. The van der Waals surface area contributed by atoms with Crippen LogP contribution in [0.5, 0.6) is 0 Å². The van der Waals surface area contributed by atoms with Gasteiger partial charge in [-0.1, -0.05) is 0 Å². The van der Waals surface area contributed by atoms with Crippen molar-refractivity contribution in [2.75, 3.05) is 19.6 Å². The van der Waals surface area contributed by atoms with E-state index in [2.05, 4.69) is 5.32 Å². The number of nitrogens with zero attached hydrogens (tertiary/aromatic N) is 1. The summed E-state index contributed by atoms with van der Waals surface area (Å²) in [4.78, 5) is 13.2. The minimum atomic E-state index is -2.75. The molecule has 0 aromatic rings. The van der Waals surface area contributed by atoms with Crippen LogP contribution in [0.15, 0.2) is 0 Å². The molecule has 0 aromatic carbocycles. The minimum Gasteiger partial charge on any atom is -0.444 e. The van der Waals surface area contributed by atoms with Gasteiger partial charge >= 0.3 is 6.09 Å². The predicted molar refractivity (Wildman–Crippen MR) is 70.0 cm³/mol. The van der Waals surface area contributed by atoms with E-state index in [1.165, 1.54) is 4.90 Å². The maximum atomic E-state index is 13.8. The molecule has 7 heteroatoms. The summed E-state index contributed by atoms with van der Waals surface area (Å²) in [6.07, 6.45) is -0.391. The third-order valence-corrected chi connectivity index (χ3v) is 3.52. The summed E-state index contributed by atoms with van der Waals surface area (Å²) in [7, 11) is 0. The minimum absolute atomic E-state index is 0. The van der Waals surface area contributed by atoms with Crippen molar-refractivity contribution in [3.8, 4) is 0 Å². The molecule has 19 heavy (non-hydrogen) atoms. The number of carbonyl (C=O) groups is 1.